The Morgan fingerprint density at radius 1 is 1.50 bits per heavy atom. The van der Waals surface area contributed by atoms with Crippen LogP contribution in [0.5, 0.6) is 0 Å². The van der Waals surface area contributed by atoms with Crippen LogP contribution in [-0.2, 0) is 0 Å². The summed E-state index contributed by atoms with van der Waals surface area (Å²) in [6, 6.07) is 4.22. The van der Waals surface area contributed by atoms with Gasteiger partial charge in [0, 0.05) is 34.7 Å². The molecule has 0 bridgehead atoms. The lowest BCUT2D eigenvalue weighted by molar-refractivity contribution is 0.781. The molecule has 86 valence electrons. The fourth-order valence-corrected chi connectivity index (χ4v) is 2.64. The Bertz CT molecular complexity index is 467. The van der Waals surface area contributed by atoms with Gasteiger partial charge in [-0.2, -0.15) is 0 Å². The second kappa shape index (κ2) is 5.15. The molecule has 2 nitrogen and oxygen atoms in total. The van der Waals surface area contributed by atoms with Crippen LogP contribution >= 0.6 is 27.3 Å². The molecule has 2 heterocycles. The molecule has 0 aliphatic heterocycles. The van der Waals surface area contributed by atoms with Crippen LogP contribution in [0.3, 0.4) is 0 Å². The fraction of sp³-hybridized carbons (Fsp3) is 0.417. The van der Waals surface area contributed by atoms with Crippen molar-refractivity contribution in [2.45, 2.75) is 18.2 Å². The molecule has 0 aliphatic carbocycles. The molecule has 0 fully saturated rings. The molecule has 0 radical (unpaired) electrons. The van der Waals surface area contributed by atoms with Gasteiger partial charge in [-0.1, -0.05) is 22.9 Å². The zero-order valence-corrected chi connectivity index (χ0v) is 11.9. The van der Waals surface area contributed by atoms with E-state index in [4.69, 9.17) is 0 Å². The van der Waals surface area contributed by atoms with Crippen molar-refractivity contribution in [2.24, 2.45) is 0 Å². The molecular formula is C12H15BrN2S. The van der Waals surface area contributed by atoms with Gasteiger partial charge in [0.15, 0.2) is 0 Å². The van der Waals surface area contributed by atoms with Crippen molar-refractivity contribution in [3.8, 4) is 0 Å². The van der Waals surface area contributed by atoms with E-state index >= 15 is 0 Å². The van der Waals surface area contributed by atoms with Gasteiger partial charge in [-0.3, -0.25) is 0 Å². The molecule has 2 aromatic heterocycles. The van der Waals surface area contributed by atoms with Crippen molar-refractivity contribution in [1.29, 1.82) is 0 Å². The number of nitrogens with zero attached hydrogens (tertiary/aromatic N) is 2. The zero-order valence-electron chi connectivity index (χ0n) is 9.48. The Labute approximate surface area is 108 Å². The maximum Gasteiger partial charge on any atom is 0.136 e. The molecule has 0 saturated carbocycles. The predicted octanol–water partition coefficient (Wildman–Crippen LogP) is 3.91. The monoisotopic (exact) mass is 298 g/mol. The quantitative estimate of drug-likeness (QED) is 0.796. The number of hydrogen-bond donors (Lipinski definition) is 0. The van der Waals surface area contributed by atoms with Crippen LogP contribution in [-0.4, -0.2) is 23.4 Å². The smallest absolute Gasteiger partial charge is 0.136 e. The summed E-state index contributed by atoms with van der Waals surface area (Å²) in [5.41, 5.74) is 0. The van der Waals surface area contributed by atoms with E-state index in [0.717, 1.165) is 18.8 Å². The number of fused-ring (bicyclic) bond motifs is 1. The molecule has 0 aromatic carbocycles. The maximum atomic E-state index is 4.47. The number of aromatic nitrogens is 1. The predicted molar refractivity (Wildman–Crippen MR) is 75.9 cm³/mol. The highest BCUT2D eigenvalue weighted by atomic mass is 79.9. The molecule has 0 aliphatic rings. The van der Waals surface area contributed by atoms with Crippen LogP contribution in [0.4, 0.5) is 5.82 Å². The first-order chi connectivity index (χ1) is 7.68. The largest absolute Gasteiger partial charge is 0.359 e. The van der Waals surface area contributed by atoms with Crippen molar-refractivity contribution >= 4 is 43.2 Å². The third kappa shape index (κ3) is 2.55. The maximum absolute atomic E-state index is 4.47. The number of anilines is 1. The normalized spacial score (nSPS) is 12.9. The van der Waals surface area contributed by atoms with Gasteiger partial charge in [0.05, 0.1) is 0 Å². The SMILES string of the molecule is CC(Br)CCN(C)c1nccc2sccc12. The molecule has 0 spiro atoms. The van der Waals surface area contributed by atoms with Gasteiger partial charge in [-0.15, -0.1) is 11.3 Å². The Morgan fingerprint density at radius 3 is 3.06 bits per heavy atom. The molecule has 0 N–H and O–H groups in total. The Hall–Kier alpha value is -0.610. The lowest BCUT2D eigenvalue weighted by Crippen LogP contribution is -2.21. The number of hydrogen-bond acceptors (Lipinski definition) is 3. The van der Waals surface area contributed by atoms with E-state index in [9.17, 15) is 0 Å². The van der Waals surface area contributed by atoms with Gasteiger partial charge in [0.1, 0.15) is 5.82 Å². The zero-order chi connectivity index (χ0) is 11.5. The number of rotatable bonds is 4. The summed E-state index contributed by atoms with van der Waals surface area (Å²) < 4.78 is 1.31. The van der Waals surface area contributed by atoms with Gasteiger partial charge in [0.25, 0.3) is 0 Å². The van der Waals surface area contributed by atoms with Gasteiger partial charge < -0.3 is 4.90 Å². The molecule has 1 atom stereocenters. The van der Waals surface area contributed by atoms with Crippen LogP contribution in [0, 0.1) is 0 Å². The van der Waals surface area contributed by atoms with E-state index in [-0.39, 0.29) is 0 Å². The van der Waals surface area contributed by atoms with E-state index in [1.54, 1.807) is 11.3 Å². The standard InChI is InChI=1S/C12H15BrN2S/c1-9(13)4-7-15(2)12-10-5-8-16-11(10)3-6-14-12/h3,5-6,8-9H,4,7H2,1-2H3. The first kappa shape index (κ1) is 11.9. The average molecular weight is 299 g/mol. The topological polar surface area (TPSA) is 16.1 Å². The van der Waals surface area contributed by atoms with E-state index < -0.39 is 0 Å². The first-order valence-electron chi connectivity index (χ1n) is 5.36. The summed E-state index contributed by atoms with van der Waals surface area (Å²) >= 11 is 5.34. The van der Waals surface area contributed by atoms with Crippen LogP contribution in [0.2, 0.25) is 0 Å². The second-order valence-corrected chi connectivity index (χ2v) is 6.47. The minimum absolute atomic E-state index is 0.552. The highest BCUT2D eigenvalue weighted by Crippen LogP contribution is 2.27. The fourth-order valence-electron chi connectivity index (χ4n) is 1.66. The van der Waals surface area contributed by atoms with E-state index in [0.29, 0.717) is 4.83 Å². The molecule has 0 saturated heterocycles. The molecule has 0 amide bonds. The molecule has 16 heavy (non-hydrogen) atoms. The molecule has 1 unspecified atom stereocenters. The molecule has 2 aromatic rings. The van der Waals surface area contributed by atoms with Crippen molar-refractivity contribution in [2.75, 3.05) is 18.5 Å². The van der Waals surface area contributed by atoms with Crippen molar-refractivity contribution in [3.05, 3.63) is 23.7 Å². The third-order valence-corrected chi connectivity index (χ3v) is 3.92. The van der Waals surface area contributed by atoms with Gasteiger partial charge in [-0.25, -0.2) is 4.98 Å². The molecular weight excluding hydrogens is 284 g/mol. The Balaban J connectivity index is 2.22. The van der Waals surface area contributed by atoms with Crippen molar-refractivity contribution in [1.82, 2.24) is 4.98 Å². The summed E-state index contributed by atoms with van der Waals surface area (Å²) in [5.74, 6) is 1.09. The summed E-state index contributed by atoms with van der Waals surface area (Å²) in [5, 5.41) is 3.38. The van der Waals surface area contributed by atoms with Crippen molar-refractivity contribution < 1.29 is 0 Å². The number of halogens is 1. The van der Waals surface area contributed by atoms with Crippen molar-refractivity contribution in [3.63, 3.8) is 0 Å². The van der Waals surface area contributed by atoms with E-state index in [1.165, 1.54) is 10.1 Å². The second-order valence-electron chi connectivity index (χ2n) is 3.96. The van der Waals surface area contributed by atoms with Crippen LogP contribution < -0.4 is 4.90 Å². The minimum atomic E-state index is 0.552. The lowest BCUT2D eigenvalue weighted by Gasteiger charge is -2.19. The average Bonchev–Trinajstić information content (AvgIpc) is 2.73. The third-order valence-electron chi connectivity index (χ3n) is 2.58. The van der Waals surface area contributed by atoms with E-state index in [2.05, 4.69) is 57.3 Å². The van der Waals surface area contributed by atoms with Crippen LogP contribution in [0.1, 0.15) is 13.3 Å². The lowest BCUT2D eigenvalue weighted by atomic mass is 10.2. The molecule has 2 rings (SSSR count). The first-order valence-corrected chi connectivity index (χ1v) is 7.15. The summed E-state index contributed by atoms with van der Waals surface area (Å²) in [7, 11) is 2.11. The van der Waals surface area contributed by atoms with Crippen LogP contribution in [0.15, 0.2) is 23.7 Å². The van der Waals surface area contributed by atoms with E-state index in [1.807, 2.05) is 6.20 Å². The Morgan fingerprint density at radius 2 is 2.31 bits per heavy atom. The molecule has 4 heteroatoms. The van der Waals surface area contributed by atoms with Crippen LogP contribution in [0.25, 0.3) is 10.1 Å². The van der Waals surface area contributed by atoms with Gasteiger partial charge in [0.2, 0.25) is 0 Å². The summed E-state index contributed by atoms with van der Waals surface area (Å²) in [4.78, 5) is 7.26. The van der Waals surface area contributed by atoms with Gasteiger partial charge in [-0.05, 0) is 23.9 Å². The summed E-state index contributed by atoms with van der Waals surface area (Å²) in [6.45, 7) is 3.20. The minimum Gasteiger partial charge on any atom is -0.359 e. The number of alkyl halides is 1. The number of pyridine rings is 1. The number of thiophene rings is 1. The van der Waals surface area contributed by atoms with Gasteiger partial charge >= 0.3 is 0 Å². The Kier molecular flexibility index (Phi) is 3.82. The highest BCUT2D eigenvalue weighted by Gasteiger charge is 2.08. The summed E-state index contributed by atoms with van der Waals surface area (Å²) in [6.07, 6.45) is 3.01. The highest BCUT2D eigenvalue weighted by molar-refractivity contribution is 9.09.